The Hall–Kier alpha value is -2.29. The Morgan fingerprint density at radius 1 is 1.14 bits per heavy atom. The van der Waals surface area contributed by atoms with Gasteiger partial charge in [0.05, 0.1) is 12.5 Å². The van der Waals surface area contributed by atoms with Crippen molar-refractivity contribution in [2.75, 3.05) is 0 Å². The minimum absolute atomic E-state index is 0.139. The van der Waals surface area contributed by atoms with E-state index in [0.717, 1.165) is 36.0 Å². The van der Waals surface area contributed by atoms with E-state index >= 15 is 0 Å². The molecule has 0 spiro atoms. The zero-order valence-electron chi connectivity index (χ0n) is 11.9. The molecule has 1 atom stereocenters. The van der Waals surface area contributed by atoms with Gasteiger partial charge >= 0.3 is 0 Å². The molecule has 0 fully saturated rings. The summed E-state index contributed by atoms with van der Waals surface area (Å²) in [5, 5.41) is 3.03. The Bertz CT molecular complexity index is 611. The summed E-state index contributed by atoms with van der Waals surface area (Å²) >= 11 is 0. The minimum atomic E-state index is 0.139. The number of allylic oxidation sites excluding steroid dienone is 2. The highest BCUT2D eigenvalue weighted by molar-refractivity contribution is 5.79. The fraction of sp³-hybridized carbons (Fsp3) is 0.278. The van der Waals surface area contributed by atoms with E-state index in [1.807, 2.05) is 18.2 Å². The van der Waals surface area contributed by atoms with Crippen LogP contribution in [0.3, 0.4) is 0 Å². The maximum atomic E-state index is 12.1. The molecule has 3 heteroatoms. The number of furan rings is 1. The number of carbonyl (C=O) groups is 1. The molecule has 0 bridgehead atoms. The fourth-order valence-corrected chi connectivity index (χ4v) is 2.61. The van der Waals surface area contributed by atoms with Crippen molar-refractivity contribution in [3.8, 4) is 11.1 Å². The summed E-state index contributed by atoms with van der Waals surface area (Å²) in [6.45, 7) is 0.588. The Morgan fingerprint density at radius 2 is 2.00 bits per heavy atom. The SMILES string of the molecule is O=C(NCc1ccc(-c2ccoc2)cc1)[C@@H]1CC=CCC1. The normalized spacial score (nSPS) is 17.6. The highest BCUT2D eigenvalue weighted by Gasteiger charge is 2.17. The second-order valence-corrected chi connectivity index (χ2v) is 5.41. The number of hydrogen-bond donors (Lipinski definition) is 1. The topological polar surface area (TPSA) is 42.2 Å². The van der Waals surface area contributed by atoms with Crippen molar-refractivity contribution in [1.29, 1.82) is 0 Å². The van der Waals surface area contributed by atoms with Crippen LogP contribution in [0.25, 0.3) is 11.1 Å². The summed E-state index contributed by atoms with van der Waals surface area (Å²) in [6.07, 6.45) is 10.5. The molecule has 1 heterocycles. The van der Waals surface area contributed by atoms with Crippen molar-refractivity contribution < 1.29 is 9.21 Å². The Labute approximate surface area is 124 Å². The van der Waals surface area contributed by atoms with Crippen LogP contribution in [0.1, 0.15) is 24.8 Å². The molecule has 3 rings (SSSR count). The van der Waals surface area contributed by atoms with Gasteiger partial charge in [-0.05, 0) is 36.5 Å². The summed E-state index contributed by atoms with van der Waals surface area (Å²) in [5.41, 5.74) is 3.30. The van der Waals surface area contributed by atoms with Crippen molar-refractivity contribution in [2.24, 2.45) is 5.92 Å². The maximum absolute atomic E-state index is 12.1. The highest BCUT2D eigenvalue weighted by Crippen LogP contribution is 2.21. The molecule has 1 amide bonds. The first-order valence-electron chi connectivity index (χ1n) is 7.37. The first-order chi connectivity index (χ1) is 10.3. The first-order valence-corrected chi connectivity index (χ1v) is 7.37. The van der Waals surface area contributed by atoms with E-state index in [2.05, 4.69) is 29.6 Å². The van der Waals surface area contributed by atoms with Crippen LogP contribution in [0.4, 0.5) is 0 Å². The number of amides is 1. The molecular formula is C18H19NO2. The average molecular weight is 281 g/mol. The van der Waals surface area contributed by atoms with Crippen molar-refractivity contribution >= 4 is 5.91 Å². The van der Waals surface area contributed by atoms with Gasteiger partial charge in [0.15, 0.2) is 0 Å². The van der Waals surface area contributed by atoms with Gasteiger partial charge in [0.2, 0.25) is 5.91 Å². The van der Waals surface area contributed by atoms with Crippen molar-refractivity contribution in [1.82, 2.24) is 5.32 Å². The quantitative estimate of drug-likeness (QED) is 0.863. The van der Waals surface area contributed by atoms with Gasteiger partial charge in [-0.1, -0.05) is 36.4 Å². The standard InChI is InChI=1S/C18H19NO2/c20-18(16-4-2-1-3-5-16)19-12-14-6-8-15(9-7-14)17-10-11-21-13-17/h1-2,6-11,13,16H,3-5,12H2,(H,19,20)/t16-/m1/s1. The third-order valence-electron chi connectivity index (χ3n) is 3.92. The fourth-order valence-electron chi connectivity index (χ4n) is 2.61. The number of benzene rings is 1. The molecule has 21 heavy (non-hydrogen) atoms. The van der Waals surface area contributed by atoms with Gasteiger partial charge in [-0.2, -0.15) is 0 Å². The number of nitrogens with one attached hydrogen (secondary N) is 1. The second-order valence-electron chi connectivity index (χ2n) is 5.41. The first kappa shape index (κ1) is 13.7. The van der Waals surface area contributed by atoms with E-state index < -0.39 is 0 Å². The van der Waals surface area contributed by atoms with Crippen LogP contribution >= 0.6 is 0 Å². The van der Waals surface area contributed by atoms with Gasteiger partial charge in [-0.15, -0.1) is 0 Å². The van der Waals surface area contributed by atoms with Crippen LogP contribution in [0, 0.1) is 5.92 Å². The van der Waals surface area contributed by atoms with E-state index in [1.165, 1.54) is 0 Å². The monoisotopic (exact) mass is 281 g/mol. The van der Waals surface area contributed by atoms with Gasteiger partial charge in [0, 0.05) is 18.0 Å². The number of rotatable bonds is 4. The zero-order valence-corrected chi connectivity index (χ0v) is 11.9. The van der Waals surface area contributed by atoms with Crippen molar-refractivity contribution in [2.45, 2.75) is 25.8 Å². The summed E-state index contributed by atoms with van der Waals surface area (Å²) in [4.78, 5) is 12.1. The van der Waals surface area contributed by atoms with Gasteiger partial charge in [-0.25, -0.2) is 0 Å². The van der Waals surface area contributed by atoms with Gasteiger partial charge < -0.3 is 9.73 Å². The van der Waals surface area contributed by atoms with E-state index in [9.17, 15) is 4.79 Å². The van der Waals surface area contributed by atoms with Crippen LogP contribution in [-0.2, 0) is 11.3 Å². The molecule has 2 aromatic rings. The summed E-state index contributed by atoms with van der Waals surface area (Å²) in [5.74, 6) is 0.304. The lowest BCUT2D eigenvalue weighted by Crippen LogP contribution is -2.30. The third kappa shape index (κ3) is 3.43. The third-order valence-corrected chi connectivity index (χ3v) is 3.92. The Morgan fingerprint density at radius 3 is 2.67 bits per heavy atom. The molecule has 0 saturated carbocycles. The van der Waals surface area contributed by atoms with Crippen LogP contribution in [0.5, 0.6) is 0 Å². The molecule has 0 radical (unpaired) electrons. The Balaban J connectivity index is 1.56. The number of hydrogen-bond acceptors (Lipinski definition) is 2. The molecule has 1 N–H and O–H groups in total. The van der Waals surface area contributed by atoms with Crippen LogP contribution in [-0.4, -0.2) is 5.91 Å². The largest absolute Gasteiger partial charge is 0.472 e. The minimum Gasteiger partial charge on any atom is -0.472 e. The van der Waals surface area contributed by atoms with Crippen molar-refractivity contribution in [3.05, 3.63) is 60.6 Å². The average Bonchev–Trinajstić information content (AvgIpc) is 3.08. The summed E-state index contributed by atoms with van der Waals surface area (Å²) < 4.78 is 5.08. The Kier molecular flexibility index (Phi) is 4.20. The summed E-state index contributed by atoms with van der Waals surface area (Å²) in [6, 6.07) is 10.1. The maximum Gasteiger partial charge on any atom is 0.223 e. The summed E-state index contributed by atoms with van der Waals surface area (Å²) in [7, 11) is 0. The molecule has 0 aliphatic heterocycles. The van der Waals surface area contributed by atoms with E-state index in [-0.39, 0.29) is 11.8 Å². The molecule has 0 saturated heterocycles. The lowest BCUT2D eigenvalue weighted by atomic mass is 9.93. The predicted octanol–water partition coefficient (Wildman–Crippen LogP) is 3.92. The van der Waals surface area contributed by atoms with Gasteiger partial charge in [-0.3, -0.25) is 4.79 Å². The van der Waals surface area contributed by atoms with Crippen LogP contribution in [0.2, 0.25) is 0 Å². The van der Waals surface area contributed by atoms with Crippen LogP contribution in [0.15, 0.2) is 59.4 Å². The molecule has 0 unspecified atom stereocenters. The lowest BCUT2D eigenvalue weighted by molar-refractivity contribution is -0.125. The van der Waals surface area contributed by atoms with E-state index in [4.69, 9.17) is 4.42 Å². The number of carbonyl (C=O) groups excluding carboxylic acids is 1. The predicted molar refractivity (Wildman–Crippen MR) is 82.5 cm³/mol. The molecule has 108 valence electrons. The molecule has 3 nitrogen and oxygen atoms in total. The second kappa shape index (κ2) is 6.44. The van der Waals surface area contributed by atoms with Gasteiger partial charge in [0.25, 0.3) is 0 Å². The molecule has 1 aliphatic carbocycles. The van der Waals surface area contributed by atoms with Crippen LogP contribution < -0.4 is 5.32 Å². The molecule has 1 aliphatic rings. The molecule has 1 aromatic carbocycles. The lowest BCUT2D eigenvalue weighted by Gasteiger charge is -2.17. The molecule has 1 aromatic heterocycles. The van der Waals surface area contributed by atoms with Crippen molar-refractivity contribution in [3.63, 3.8) is 0 Å². The van der Waals surface area contributed by atoms with Gasteiger partial charge in [0.1, 0.15) is 0 Å². The highest BCUT2D eigenvalue weighted by atomic mass is 16.3. The van der Waals surface area contributed by atoms with E-state index in [0.29, 0.717) is 6.54 Å². The zero-order chi connectivity index (χ0) is 14.5. The smallest absolute Gasteiger partial charge is 0.223 e. The van der Waals surface area contributed by atoms with E-state index in [1.54, 1.807) is 12.5 Å². The molecular weight excluding hydrogens is 262 g/mol.